The normalized spacial score (nSPS) is 23.3. The number of hydrogen-bond acceptors (Lipinski definition) is 17. The van der Waals surface area contributed by atoms with Gasteiger partial charge in [0.25, 0.3) is 9.84 Å². The summed E-state index contributed by atoms with van der Waals surface area (Å²) < 4.78 is 77.1. The lowest BCUT2D eigenvalue weighted by Gasteiger charge is -2.48. The van der Waals surface area contributed by atoms with Crippen molar-refractivity contribution in [2.45, 2.75) is 106 Å². The molecule has 0 amide bonds. The quantitative estimate of drug-likeness (QED) is 0.0557. The number of aromatic nitrogens is 2. The molecule has 2 fully saturated rings. The largest absolute Gasteiger partial charge is 0.496 e. The molecule has 2 aliphatic rings. The van der Waals surface area contributed by atoms with E-state index < -0.39 is 79.9 Å². The van der Waals surface area contributed by atoms with E-state index in [0.717, 1.165) is 0 Å². The van der Waals surface area contributed by atoms with Crippen LogP contribution in [0.25, 0.3) is 6.08 Å². The molecule has 4 aromatic rings. The van der Waals surface area contributed by atoms with Gasteiger partial charge < -0.3 is 42.8 Å². The van der Waals surface area contributed by atoms with Gasteiger partial charge in [0.15, 0.2) is 12.2 Å². The van der Waals surface area contributed by atoms with Gasteiger partial charge in [0, 0.05) is 12.5 Å². The number of ether oxygens (including phenoxy) is 7. The van der Waals surface area contributed by atoms with E-state index in [4.69, 9.17) is 37.6 Å². The Morgan fingerprint density at radius 1 is 0.937 bits per heavy atom. The van der Waals surface area contributed by atoms with E-state index in [1.54, 1.807) is 75.4 Å². The summed E-state index contributed by atoms with van der Waals surface area (Å²) in [4.78, 5) is 50.1. The maximum Gasteiger partial charge on any atom is 0.420 e. The summed E-state index contributed by atoms with van der Waals surface area (Å²) in [5.41, 5.74) is -1.95. The number of fused-ring (bicyclic) bond motifs is 2. The van der Waals surface area contributed by atoms with Gasteiger partial charge in [-0.3, -0.25) is 19.0 Å². The van der Waals surface area contributed by atoms with Crippen LogP contribution in [0, 0.1) is 12.1 Å². The van der Waals surface area contributed by atoms with Crippen molar-refractivity contribution in [1.82, 2.24) is 5.16 Å². The van der Waals surface area contributed by atoms with Gasteiger partial charge in [0.1, 0.15) is 41.2 Å². The Kier molecular flexibility index (Phi) is 14.0. The third-order valence-corrected chi connectivity index (χ3v) is 12.2. The van der Waals surface area contributed by atoms with Crippen LogP contribution in [0.2, 0.25) is 0 Å². The summed E-state index contributed by atoms with van der Waals surface area (Å²) in [7, 11) is -2.91. The Morgan fingerprint density at radius 3 is 2.38 bits per heavy atom. The molecule has 334 valence electrons. The molecule has 18 nitrogen and oxygen atoms in total. The highest BCUT2D eigenvalue weighted by molar-refractivity contribution is 7.91. The van der Waals surface area contributed by atoms with Gasteiger partial charge in [-0.2, -0.15) is 0 Å². The van der Waals surface area contributed by atoms with E-state index in [1.165, 1.54) is 56.5 Å². The third-order valence-electron chi connectivity index (χ3n) is 10.4. The lowest BCUT2D eigenvalue weighted by molar-refractivity contribution is -0.832. The minimum absolute atomic E-state index is 0.0603. The van der Waals surface area contributed by atoms with E-state index in [0.29, 0.717) is 29.1 Å². The minimum Gasteiger partial charge on any atom is -0.496 e. The average molecular weight is 891 g/mol. The molecule has 2 aliphatic heterocycles. The maximum absolute atomic E-state index is 13.4. The molecule has 4 heterocycles. The van der Waals surface area contributed by atoms with Crippen LogP contribution in [0.5, 0.6) is 17.4 Å². The van der Waals surface area contributed by atoms with Crippen LogP contribution < -0.4 is 20.0 Å². The van der Waals surface area contributed by atoms with Gasteiger partial charge in [-0.15, -0.1) is 0 Å². The minimum atomic E-state index is -4.37. The van der Waals surface area contributed by atoms with Crippen molar-refractivity contribution in [2.24, 2.45) is 0 Å². The molecule has 2 bridgehead atoms. The Morgan fingerprint density at radius 2 is 1.67 bits per heavy atom. The molecular formula is C44H46N2O16S. The van der Waals surface area contributed by atoms with Gasteiger partial charge >= 0.3 is 34.4 Å². The summed E-state index contributed by atoms with van der Waals surface area (Å²) >= 11 is 0. The number of carbonyl (C=O) groups is 3. The SMILES string of the molecule is CC[C@H]1O[C@@]2(C)[C@H](OC(C)=O)[C@@]1(C)O[C@@H](/C=C/C=C/C=C/c1oc(=O)cc(OC)c1C)[C@@H]2OC(=O)CCC(=O)OCc1cccc(Oc2no[n+]([O-])c2S(=O)(=O)c2ccccc2)c1. The van der Waals surface area contributed by atoms with Crippen LogP contribution in [0.15, 0.2) is 115 Å². The molecule has 6 rings (SSSR count). The van der Waals surface area contributed by atoms with Crippen molar-refractivity contribution in [3.05, 3.63) is 124 Å². The van der Waals surface area contributed by atoms with Crippen LogP contribution in [0.4, 0.5) is 0 Å². The van der Waals surface area contributed by atoms with Gasteiger partial charge in [-0.05, 0) is 68.0 Å². The first kappa shape index (κ1) is 45.9. The molecule has 63 heavy (non-hydrogen) atoms. The zero-order chi connectivity index (χ0) is 45.5. The molecule has 19 heteroatoms. The Hall–Kier alpha value is -6.57. The zero-order valence-corrected chi connectivity index (χ0v) is 36.0. The monoisotopic (exact) mass is 890 g/mol. The molecule has 0 unspecified atom stereocenters. The third kappa shape index (κ3) is 10.1. The maximum atomic E-state index is 13.4. The highest BCUT2D eigenvalue weighted by atomic mass is 32.2. The second-order valence-corrected chi connectivity index (χ2v) is 16.7. The first-order chi connectivity index (χ1) is 30.0. The smallest absolute Gasteiger partial charge is 0.420 e. The van der Waals surface area contributed by atoms with Crippen molar-refractivity contribution < 1.29 is 69.9 Å². The fraction of sp³-hybridized carbons (Fsp3) is 0.364. The topological polar surface area (TPSA) is 233 Å². The number of carbonyl (C=O) groups excluding carboxylic acids is 3. The molecule has 0 aliphatic carbocycles. The molecule has 0 radical (unpaired) electrons. The number of nitrogens with zero attached hydrogens (tertiary/aromatic N) is 2. The lowest BCUT2D eigenvalue weighted by Crippen LogP contribution is -2.66. The molecule has 0 spiro atoms. The predicted octanol–water partition coefficient (Wildman–Crippen LogP) is 5.42. The second kappa shape index (κ2) is 19.2. The first-order valence-electron chi connectivity index (χ1n) is 19.7. The molecule has 2 aromatic heterocycles. The van der Waals surface area contributed by atoms with Crippen molar-refractivity contribution in [3.63, 3.8) is 0 Å². The number of methoxy groups -OCH3 is 1. The second-order valence-electron chi connectivity index (χ2n) is 14.9. The highest BCUT2D eigenvalue weighted by Crippen LogP contribution is 2.52. The van der Waals surface area contributed by atoms with Gasteiger partial charge in [-0.1, -0.05) is 67.6 Å². The molecule has 0 N–H and O–H groups in total. The summed E-state index contributed by atoms with van der Waals surface area (Å²) in [6.45, 7) is 8.13. The van der Waals surface area contributed by atoms with Crippen LogP contribution >= 0.6 is 0 Å². The number of hydrogen-bond donors (Lipinski definition) is 0. The molecule has 6 atom stereocenters. The van der Waals surface area contributed by atoms with Crippen molar-refractivity contribution in [2.75, 3.05) is 7.11 Å². The Balaban J connectivity index is 1.10. The first-order valence-corrected chi connectivity index (χ1v) is 21.2. The van der Waals surface area contributed by atoms with Crippen LogP contribution in [-0.4, -0.2) is 74.2 Å². The summed E-state index contributed by atoms with van der Waals surface area (Å²) in [5, 5.41) is 14.9. The molecule has 2 aromatic carbocycles. The number of rotatable bonds is 17. The number of benzene rings is 2. The van der Waals surface area contributed by atoms with E-state index in [9.17, 15) is 32.8 Å². The standard InChI is InChI=1S/C44H46N2O16S/c1-7-35-43(4)42(56-28(3)47)44(5,61-35)39(33(60-43)21-14-9-8-13-20-32-27(2)34(54-6)25-38(50)58-32)59-37(49)23-22-36(48)55-26-29-16-15-17-30(24-29)57-40-41(46(51)62-45-40)63(52,53)31-18-11-10-12-19-31/h8-21,24-25,33,35,39,42H,7,22-23,26H2,1-6H3/b9-8+,20-13+,21-14+/t33-,35+,39-,42+,43-,44+/m0/s1. The van der Waals surface area contributed by atoms with Gasteiger partial charge in [0.05, 0.1) is 42.2 Å². The van der Waals surface area contributed by atoms with Gasteiger partial charge in [-0.25, -0.2) is 13.2 Å². The Bertz CT molecular complexity index is 2580. The number of sulfone groups is 1. The van der Waals surface area contributed by atoms with Gasteiger partial charge in [0.2, 0.25) is 0 Å². The van der Waals surface area contributed by atoms with Crippen LogP contribution in [0.1, 0.15) is 63.8 Å². The predicted molar refractivity (Wildman–Crippen MR) is 219 cm³/mol. The summed E-state index contributed by atoms with van der Waals surface area (Å²) in [6, 6.07) is 14.5. The van der Waals surface area contributed by atoms with Crippen molar-refractivity contribution in [3.8, 4) is 17.4 Å². The summed E-state index contributed by atoms with van der Waals surface area (Å²) in [5.74, 6) is -1.91. The lowest BCUT2D eigenvalue weighted by atomic mass is 9.77. The highest BCUT2D eigenvalue weighted by Gasteiger charge is 2.71. The fourth-order valence-electron chi connectivity index (χ4n) is 7.50. The number of esters is 3. The van der Waals surface area contributed by atoms with Crippen LogP contribution in [0.3, 0.4) is 0 Å². The van der Waals surface area contributed by atoms with Crippen LogP contribution in [-0.2, 0) is 54.5 Å². The van der Waals surface area contributed by atoms with E-state index >= 15 is 0 Å². The van der Waals surface area contributed by atoms with Crippen molar-refractivity contribution >= 4 is 33.8 Å². The summed E-state index contributed by atoms with van der Waals surface area (Å²) in [6.07, 6.45) is 6.24. The molecule has 2 saturated heterocycles. The Labute approximate surface area is 362 Å². The van der Waals surface area contributed by atoms with Crippen molar-refractivity contribution in [1.29, 1.82) is 0 Å². The molecule has 0 saturated carbocycles. The zero-order valence-electron chi connectivity index (χ0n) is 35.2. The van der Waals surface area contributed by atoms with E-state index in [2.05, 4.69) is 9.79 Å². The van der Waals surface area contributed by atoms with E-state index in [-0.39, 0.29) is 35.0 Å². The fourth-order valence-corrected chi connectivity index (χ4v) is 8.78. The molecular weight excluding hydrogens is 845 g/mol. The van der Waals surface area contributed by atoms with E-state index in [1.807, 2.05) is 6.92 Å². The average Bonchev–Trinajstić information content (AvgIpc) is 3.69. The number of allylic oxidation sites excluding steroid dienone is 4.